The van der Waals surface area contributed by atoms with Crippen LogP contribution in [0.1, 0.15) is 11.1 Å². The third-order valence-electron chi connectivity index (χ3n) is 3.70. The monoisotopic (exact) mass is 434 g/mol. The van der Waals surface area contributed by atoms with Gasteiger partial charge in [0, 0.05) is 28.3 Å². The van der Waals surface area contributed by atoms with Crippen LogP contribution in [0.4, 0.5) is 0 Å². The third kappa shape index (κ3) is 7.18. The van der Waals surface area contributed by atoms with E-state index >= 15 is 0 Å². The molecule has 0 bridgehead atoms. The minimum absolute atomic E-state index is 0.0861. The van der Waals surface area contributed by atoms with Gasteiger partial charge in [-0.3, -0.25) is 0 Å². The van der Waals surface area contributed by atoms with Crippen LogP contribution in [-0.4, -0.2) is 61.6 Å². The normalized spacial score (nSPS) is 11.9. The molecule has 8 nitrogen and oxygen atoms in total. The molecular weight excluding hydrogens is 408 g/mol. The van der Waals surface area contributed by atoms with Gasteiger partial charge in [0.15, 0.2) is 25.1 Å². The van der Waals surface area contributed by atoms with Crippen molar-refractivity contribution < 1.29 is 27.4 Å². The van der Waals surface area contributed by atoms with Crippen LogP contribution in [0.3, 0.4) is 0 Å². The number of rotatable bonds is 11. The predicted octanol–water partition coefficient (Wildman–Crippen LogP) is 3.10. The highest BCUT2D eigenvalue weighted by Gasteiger charge is 2.11. The lowest BCUT2D eigenvalue weighted by Crippen LogP contribution is -2.10. The first-order valence-electron chi connectivity index (χ1n) is 8.98. The fraction of sp³-hybridized carbons (Fsp3) is 0.286. The summed E-state index contributed by atoms with van der Waals surface area (Å²) in [7, 11) is 2.77. The van der Waals surface area contributed by atoms with Crippen LogP contribution in [0.2, 0.25) is 0 Å². The fourth-order valence-electron chi connectivity index (χ4n) is 2.27. The van der Waals surface area contributed by atoms with E-state index in [0.29, 0.717) is 11.5 Å². The minimum Gasteiger partial charge on any atom is -0.464 e. The number of ether oxygens (including phenoxy) is 4. The van der Waals surface area contributed by atoms with Gasteiger partial charge < -0.3 is 23.8 Å². The van der Waals surface area contributed by atoms with E-state index in [2.05, 4.69) is 4.40 Å². The van der Waals surface area contributed by atoms with Gasteiger partial charge in [-0.15, -0.1) is 4.40 Å². The average Bonchev–Trinajstić information content (AvgIpc) is 2.74. The standard InChI is InChI=1S/C21H26N2O6S/c1-23(2)14-22-30(24,25)19-10-7-17(8-11-19)5-6-18-9-12-20(28-15-26-3)21(13-18)29-16-27-4/h5-14H,15-16H2,1-4H3/b6-5+,22-14-. The van der Waals surface area contributed by atoms with Crippen molar-refractivity contribution in [3.8, 4) is 11.5 Å². The van der Waals surface area contributed by atoms with E-state index in [-0.39, 0.29) is 18.5 Å². The summed E-state index contributed by atoms with van der Waals surface area (Å²) in [6.45, 7) is 0.190. The first kappa shape index (κ1) is 23.4. The molecule has 162 valence electrons. The zero-order chi connectivity index (χ0) is 22.0. The number of methoxy groups -OCH3 is 2. The minimum atomic E-state index is -3.72. The molecule has 2 aromatic carbocycles. The zero-order valence-electron chi connectivity index (χ0n) is 17.4. The lowest BCUT2D eigenvalue weighted by atomic mass is 10.1. The van der Waals surface area contributed by atoms with Crippen molar-refractivity contribution in [3.05, 3.63) is 53.6 Å². The Morgan fingerprint density at radius 3 is 2.03 bits per heavy atom. The van der Waals surface area contributed by atoms with Crippen molar-refractivity contribution in [2.45, 2.75) is 4.90 Å². The molecule has 0 unspecified atom stereocenters. The van der Waals surface area contributed by atoms with Crippen LogP contribution >= 0.6 is 0 Å². The molecule has 0 N–H and O–H groups in total. The maximum Gasteiger partial charge on any atom is 0.283 e. The lowest BCUT2D eigenvalue weighted by Gasteiger charge is -2.12. The Bertz CT molecular complexity index is 969. The van der Waals surface area contributed by atoms with Crippen molar-refractivity contribution >= 4 is 28.5 Å². The first-order valence-corrected chi connectivity index (χ1v) is 10.4. The molecule has 2 rings (SSSR count). The van der Waals surface area contributed by atoms with E-state index in [0.717, 1.165) is 11.1 Å². The van der Waals surface area contributed by atoms with E-state index in [4.69, 9.17) is 18.9 Å². The second-order valence-electron chi connectivity index (χ2n) is 6.37. The third-order valence-corrected chi connectivity index (χ3v) is 4.94. The summed E-state index contributed by atoms with van der Waals surface area (Å²) in [6.07, 6.45) is 5.00. The van der Waals surface area contributed by atoms with Crippen LogP contribution in [0, 0.1) is 0 Å². The summed E-state index contributed by atoms with van der Waals surface area (Å²) < 4.78 is 48.9. The van der Waals surface area contributed by atoms with Gasteiger partial charge in [-0.2, -0.15) is 8.42 Å². The van der Waals surface area contributed by atoms with Gasteiger partial charge >= 0.3 is 0 Å². The van der Waals surface area contributed by atoms with Crippen LogP contribution in [0.5, 0.6) is 11.5 Å². The zero-order valence-corrected chi connectivity index (χ0v) is 18.3. The second-order valence-corrected chi connectivity index (χ2v) is 8.00. The summed E-state index contributed by atoms with van der Waals surface area (Å²) in [5.74, 6) is 1.06. The van der Waals surface area contributed by atoms with Gasteiger partial charge in [0.2, 0.25) is 0 Å². The molecule has 9 heteroatoms. The molecule has 0 aliphatic rings. The van der Waals surface area contributed by atoms with Crippen LogP contribution in [0.15, 0.2) is 51.8 Å². The molecule has 0 saturated carbocycles. The molecule has 0 fully saturated rings. The van der Waals surface area contributed by atoms with Gasteiger partial charge in [0.1, 0.15) is 6.34 Å². The van der Waals surface area contributed by atoms with Crippen LogP contribution < -0.4 is 9.47 Å². The van der Waals surface area contributed by atoms with Crippen molar-refractivity contribution in [3.63, 3.8) is 0 Å². The fourth-order valence-corrected chi connectivity index (χ4v) is 3.18. The Balaban J connectivity index is 2.16. The average molecular weight is 435 g/mol. The molecule has 0 heterocycles. The first-order chi connectivity index (χ1) is 14.4. The van der Waals surface area contributed by atoms with Crippen LogP contribution in [0.25, 0.3) is 12.2 Å². The smallest absolute Gasteiger partial charge is 0.283 e. The molecule has 0 aliphatic heterocycles. The van der Waals surface area contributed by atoms with Crippen LogP contribution in [-0.2, 0) is 19.5 Å². The molecule has 0 aliphatic carbocycles. The van der Waals surface area contributed by atoms with Gasteiger partial charge in [0.25, 0.3) is 10.0 Å². The number of hydrogen-bond acceptors (Lipinski definition) is 6. The van der Waals surface area contributed by atoms with E-state index in [1.165, 1.54) is 32.7 Å². The highest BCUT2D eigenvalue weighted by Crippen LogP contribution is 2.29. The molecule has 30 heavy (non-hydrogen) atoms. The van der Waals surface area contributed by atoms with Crippen molar-refractivity contribution in [1.29, 1.82) is 0 Å². The number of sulfonamides is 1. The predicted molar refractivity (Wildman–Crippen MR) is 116 cm³/mol. The molecular formula is C21H26N2O6S. The Morgan fingerprint density at radius 1 is 0.867 bits per heavy atom. The summed E-state index contributed by atoms with van der Waals surface area (Å²) >= 11 is 0. The van der Waals surface area contributed by atoms with Gasteiger partial charge in [-0.1, -0.05) is 30.4 Å². The molecule has 0 saturated heterocycles. The number of hydrogen-bond donors (Lipinski definition) is 0. The molecule has 0 aromatic heterocycles. The molecule has 0 radical (unpaired) electrons. The Labute approximate surface area is 177 Å². The summed E-state index contributed by atoms with van der Waals surface area (Å²) in [6, 6.07) is 11.9. The quantitative estimate of drug-likeness (QED) is 0.232. The largest absolute Gasteiger partial charge is 0.464 e. The topological polar surface area (TPSA) is 86.7 Å². The van der Waals surface area contributed by atoms with Crippen molar-refractivity contribution in [2.75, 3.05) is 41.9 Å². The Kier molecular flexibility index (Phi) is 8.85. The van der Waals surface area contributed by atoms with E-state index in [9.17, 15) is 8.42 Å². The van der Waals surface area contributed by atoms with E-state index < -0.39 is 10.0 Å². The molecule has 2 aromatic rings. The number of nitrogens with zero attached hydrogens (tertiary/aromatic N) is 2. The van der Waals surface area contributed by atoms with Gasteiger partial charge in [0.05, 0.1) is 4.90 Å². The van der Waals surface area contributed by atoms with E-state index in [1.807, 2.05) is 24.3 Å². The van der Waals surface area contributed by atoms with E-state index in [1.54, 1.807) is 37.2 Å². The Hall–Kier alpha value is -2.88. The summed E-state index contributed by atoms with van der Waals surface area (Å²) in [5.41, 5.74) is 1.71. The maximum atomic E-state index is 12.2. The maximum absolute atomic E-state index is 12.2. The van der Waals surface area contributed by atoms with Crippen molar-refractivity contribution in [1.82, 2.24) is 4.90 Å². The number of benzene rings is 2. The highest BCUT2D eigenvalue weighted by atomic mass is 32.2. The van der Waals surface area contributed by atoms with Crippen molar-refractivity contribution in [2.24, 2.45) is 4.40 Å². The lowest BCUT2D eigenvalue weighted by molar-refractivity contribution is 0.0322. The van der Waals surface area contributed by atoms with Gasteiger partial charge in [-0.25, -0.2) is 0 Å². The SMILES string of the molecule is COCOc1ccc(/C=C/c2ccc(S(=O)(=O)/N=C\N(C)C)cc2)cc1OCOC. The summed E-state index contributed by atoms with van der Waals surface area (Å²) in [4.78, 5) is 1.69. The molecule has 0 amide bonds. The summed E-state index contributed by atoms with van der Waals surface area (Å²) in [5, 5.41) is 0. The van der Waals surface area contributed by atoms with Gasteiger partial charge in [-0.05, 0) is 35.4 Å². The highest BCUT2D eigenvalue weighted by molar-refractivity contribution is 7.90. The Morgan fingerprint density at radius 2 is 1.43 bits per heavy atom. The molecule has 0 atom stereocenters. The second kappa shape index (κ2) is 11.3. The molecule has 0 spiro atoms.